The fraction of sp³-hybridized carbons (Fsp3) is 0.220. The molecule has 1 unspecified atom stereocenters. The number of hydrogen-bond acceptors (Lipinski definition) is 9. The van der Waals surface area contributed by atoms with Crippen molar-refractivity contribution in [2.24, 2.45) is 0 Å². The highest BCUT2D eigenvalue weighted by Gasteiger charge is 2.19. The van der Waals surface area contributed by atoms with Crippen LogP contribution in [0.5, 0.6) is 11.5 Å². The van der Waals surface area contributed by atoms with E-state index in [-0.39, 0.29) is 37.2 Å². The van der Waals surface area contributed by atoms with Crippen LogP contribution in [-0.2, 0) is 9.59 Å². The van der Waals surface area contributed by atoms with Crippen molar-refractivity contribution in [3.8, 4) is 11.5 Å². The summed E-state index contributed by atoms with van der Waals surface area (Å²) >= 11 is 0. The van der Waals surface area contributed by atoms with Crippen LogP contribution in [0.1, 0.15) is 97.2 Å². The van der Waals surface area contributed by atoms with Gasteiger partial charge in [0, 0.05) is 35.5 Å². The van der Waals surface area contributed by atoms with Gasteiger partial charge >= 0.3 is 5.97 Å². The molecule has 3 heterocycles. The molecule has 0 amide bonds. The van der Waals surface area contributed by atoms with Crippen LogP contribution in [0.25, 0.3) is 28.0 Å². The van der Waals surface area contributed by atoms with Crippen LogP contribution in [0.3, 0.4) is 0 Å². The van der Waals surface area contributed by atoms with E-state index in [1.54, 1.807) is 36.4 Å². The molecule has 1 aliphatic rings. The van der Waals surface area contributed by atoms with E-state index >= 15 is 0 Å². The number of esters is 1. The van der Waals surface area contributed by atoms with Crippen molar-refractivity contribution < 1.29 is 33.1 Å². The van der Waals surface area contributed by atoms with Crippen LogP contribution in [0, 0.1) is 0 Å². The summed E-state index contributed by atoms with van der Waals surface area (Å²) in [7, 11) is 0. The van der Waals surface area contributed by atoms with Crippen LogP contribution < -0.4 is 15.6 Å². The van der Waals surface area contributed by atoms with Crippen molar-refractivity contribution in [3.63, 3.8) is 0 Å². The van der Waals surface area contributed by atoms with Crippen LogP contribution in [0.15, 0.2) is 165 Å². The summed E-state index contributed by atoms with van der Waals surface area (Å²) in [5.41, 5.74) is 11.8. The van der Waals surface area contributed by atoms with Crippen molar-refractivity contribution in [3.05, 3.63) is 174 Å². The molecule has 2 aromatic heterocycles. The number of carbonyl (C=O) groups excluding carboxylic acids is 3. The number of hydrazine groups is 1. The number of ketones is 2. The van der Waals surface area contributed by atoms with Gasteiger partial charge in [-0.05, 0) is 100 Å². The van der Waals surface area contributed by atoms with Gasteiger partial charge < -0.3 is 24.1 Å². The van der Waals surface area contributed by atoms with E-state index in [1.165, 1.54) is 24.6 Å². The van der Waals surface area contributed by atoms with Crippen molar-refractivity contribution in [1.82, 2.24) is 10.9 Å². The predicted molar refractivity (Wildman–Crippen MR) is 242 cm³/mol. The Labute approximate surface area is 348 Å². The van der Waals surface area contributed by atoms with Gasteiger partial charge in [-0.1, -0.05) is 106 Å². The van der Waals surface area contributed by atoms with Gasteiger partial charge in [0.1, 0.15) is 34.5 Å². The van der Waals surface area contributed by atoms with Gasteiger partial charge in [0.05, 0.1) is 6.42 Å². The monoisotopic (exact) mass is 798 g/mol. The fourth-order valence-corrected chi connectivity index (χ4v) is 5.29. The molecule has 310 valence electrons. The van der Waals surface area contributed by atoms with Gasteiger partial charge in [0.25, 0.3) is 0 Å². The molecule has 3 N–H and O–H groups in total. The summed E-state index contributed by atoms with van der Waals surface area (Å²) < 4.78 is 16.3. The highest BCUT2D eigenvalue weighted by molar-refractivity contribution is 6.12. The molecule has 59 heavy (non-hydrogen) atoms. The molecule has 1 aliphatic heterocycles. The molecule has 0 aliphatic carbocycles. The Morgan fingerprint density at radius 3 is 2.08 bits per heavy atom. The second kappa shape index (κ2) is 25.5. The quantitative estimate of drug-likeness (QED) is 0.0298. The van der Waals surface area contributed by atoms with E-state index in [4.69, 9.17) is 13.6 Å². The number of fused-ring (bicyclic) bond motifs is 2. The van der Waals surface area contributed by atoms with Gasteiger partial charge in [0.2, 0.25) is 5.78 Å². The number of phenolic OH excluding ortho intramolecular Hbond substituents is 1. The van der Waals surface area contributed by atoms with Gasteiger partial charge in [-0.25, -0.2) is 5.43 Å². The third-order valence-electron chi connectivity index (χ3n) is 8.20. The van der Waals surface area contributed by atoms with E-state index in [0.717, 1.165) is 28.0 Å². The number of allylic oxidation sites excluding steroid dienone is 11. The van der Waals surface area contributed by atoms with Crippen LogP contribution >= 0.6 is 0 Å². The van der Waals surface area contributed by atoms with E-state index < -0.39 is 11.8 Å². The molecule has 0 saturated carbocycles. The molecule has 3 aromatic carbocycles. The first-order valence-electron chi connectivity index (χ1n) is 19.2. The van der Waals surface area contributed by atoms with Crippen molar-refractivity contribution in [2.75, 3.05) is 0 Å². The summed E-state index contributed by atoms with van der Waals surface area (Å²) in [6.07, 6.45) is 21.3. The standard InChI is InChI=1S/C21H16O5.C19H20N2O2.C7H12.C2H6.CH4/c1-14(22)25-18-10-8-16-11-21(26-20(16)13-18)19(24)12-17(23)9-7-15-5-3-2-4-6-15;1-3-5-13(4-2)6-8-15-11-17(21-20-15)19-10-14-7-9-16(22)12-18(14)23-19;1-4-6-7(3)5-2;1-2;/h2-11,13H,12H2,1H3;3-12,17,20-22H,1-2H3;4-6H,1-3H3;1-2H3;1H4/b9-7+;5-3-,8-6+,13-4+;6-4-,7-5-;;. The molecular formula is C50H58N2O7. The topological polar surface area (TPSA) is 131 Å². The number of hydrogen-bond donors (Lipinski definition) is 3. The maximum atomic E-state index is 12.3. The molecule has 1 atom stereocenters. The first-order chi connectivity index (χ1) is 28.0. The number of Topliss-reactive ketones (excluding diaryl/α,β-unsaturated/α-hetero) is 1. The smallest absolute Gasteiger partial charge is 0.308 e. The Bertz CT molecular complexity index is 2350. The zero-order valence-corrected chi connectivity index (χ0v) is 34.5. The largest absolute Gasteiger partial charge is 0.508 e. The molecule has 0 fully saturated rings. The molecule has 0 spiro atoms. The minimum Gasteiger partial charge on any atom is -0.508 e. The molecule has 0 saturated heterocycles. The Balaban J connectivity index is 0.000000335. The normalized spacial score (nSPS) is 13.9. The molecule has 6 rings (SSSR count). The maximum Gasteiger partial charge on any atom is 0.308 e. The Hall–Kier alpha value is -6.71. The molecule has 5 aromatic rings. The Morgan fingerprint density at radius 1 is 0.763 bits per heavy atom. The first-order valence-corrected chi connectivity index (χ1v) is 19.2. The SMILES string of the molecule is C.C/C=C\C(C)=C/C.CC.CC(=O)Oc1ccc2cc(C(=O)CC(=O)/C=C/c3ccccc3)oc2c1.C\C=C/C(/C=C/C1=CC(c2cc3ccc(O)cc3o2)NN1)=C\C. The lowest BCUT2D eigenvalue weighted by Crippen LogP contribution is -2.26. The van der Waals surface area contributed by atoms with Crippen LogP contribution in [-0.4, -0.2) is 22.6 Å². The molecule has 9 heteroatoms. The van der Waals surface area contributed by atoms with Crippen LogP contribution in [0.2, 0.25) is 0 Å². The predicted octanol–water partition coefficient (Wildman–Crippen LogP) is 12.7. The van der Waals surface area contributed by atoms with Gasteiger partial charge in [-0.15, -0.1) is 0 Å². The minimum absolute atomic E-state index is 0. The van der Waals surface area contributed by atoms with Crippen molar-refractivity contribution >= 4 is 45.6 Å². The number of nitrogens with one attached hydrogen (secondary N) is 2. The number of carbonyl (C=O) groups is 3. The fourth-order valence-electron chi connectivity index (χ4n) is 5.29. The second-order valence-electron chi connectivity index (χ2n) is 12.6. The number of rotatable bonds is 11. The molecule has 0 bridgehead atoms. The lowest BCUT2D eigenvalue weighted by molar-refractivity contribution is -0.131. The summed E-state index contributed by atoms with van der Waals surface area (Å²) in [6, 6.07) is 22.8. The van der Waals surface area contributed by atoms with E-state index in [2.05, 4.69) is 54.2 Å². The van der Waals surface area contributed by atoms with E-state index in [1.807, 2.05) is 102 Å². The van der Waals surface area contributed by atoms with Gasteiger partial charge in [0.15, 0.2) is 11.5 Å². The number of ether oxygens (including phenoxy) is 1. The first kappa shape index (κ1) is 48.4. The number of aromatic hydroxyl groups is 1. The second-order valence-corrected chi connectivity index (χ2v) is 12.6. The van der Waals surface area contributed by atoms with Crippen LogP contribution in [0.4, 0.5) is 0 Å². The third-order valence-corrected chi connectivity index (χ3v) is 8.20. The molecule has 0 radical (unpaired) electrons. The average Bonchev–Trinajstić information content (AvgIpc) is 3.99. The zero-order valence-electron chi connectivity index (χ0n) is 34.5. The minimum atomic E-state index is -0.442. The molecular weight excluding hydrogens is 741 g/mol. The lowest BCUT2D eigenvalue weighted by Gasteiger charge is -2.04. The van der Waals surface area contributed by atoms with Gasteiger partial charge in [-0.2, -0.15) is 0 Å². The number of benzene rings is 3. The van der Waals surface area contributed by atoms with Crippen molar-refractivity contribution in [1.29, 1.82) is 0 Å². The molecule has 9 nitrogen and oxygen atoms in total. The lowest BCUT2D eigenvalue weighted by atomic mass is 10.1. The number of furan rings is 2. The highest BCUT2D eigenvalue weighted by atomic mass is 16.5. The maximum absolute atomic E-state index is 12.3. The summed E-state index contributed by atoms with van der Waals surface area (Å²) in [4.78, 5) is 35.2. The van der Waals surface area contributed by atoms with E-state index in [0.29, 0.717) is 22.3 Å². The van der Waals surface area contributed by atoms with E-state index in [9.17, 15) is 19.5 Å². The summed E-state index contributed by atoms with van der Waals surface area (Å²) in [6.45, 7) is 15.5. The Morgan fingerprint density at radius 2 is 1.44 bits per heavy atom. The van der Waals surface area contributed by atoms with Crippen molar-refractivity contribution in [2.45, 2.75) is 75.3 Å². The summed E-state index contributed by atoms with van der Waals surface area (Å²) in [5, 5.41) is 11.2. The zero-order chi connectivity index (χ0) is 42.5. The highest BCUT2D eigenvalue weighted by Crippen LogP contribution is 2.29. The third kappa shape index (κ3) is 16.0. The average molecular weight is 799 g/mol. The summed E-state index contributed by atoms with van der Waals surface area (Å²) in [5.74, 6) is 0.293. The Kier molecular flexibility index (Phi) is 21.0. The van der Waals surface area contributed by atoms with Gasteiger partial charge in [-0.3, -0.25) is 14.4 Å². The number of phenols is 1.